The Kier molecular flexibility index (Phi) is 4.33. The van der Waals surface area contributed by atoms with E-state index < -0.39 is 0 Å². The number of nitriles is 1. The van der Waals surface area contributed by atoms with Crippen LogP contribution in [0.15, 0.2) is 54.6 Å². The number of Topliss-reactive ketones (excluding diaryl/α,β-unsaturated/α-hetero) is 1. The smallest absolute Gasteiger partial charge is 0.166 e. The Morgan fingerprint density at radius 3 is 2.39 bits per heavy atom. The standard InChI is InChI=1S/C25H26N2O/c26-17-25(11-12-25)21-8-4-7-19(13-21)24(28)20-14-22-9-10-23(15-20)27(22)16-18-5-2-1-3-6-18/h1-8,13,20,22-23H,9-12,14-16H2. The number of benzene rings is 2. The van der Waals surface area contributed by atoms with Gasteiger partial charge in [0.15, 0.2) is 5.78 Å². The van der Waals surface area contributed by atoms with Crippen LogP contribution in [0.4, 0.5) is 0 Å². The van der Waals surface area contributed by atoms with Crippen molar-refractivity contribution in [2.24, 2.45) is 5.92 Å². The van der Waals surface area contributed by atoms with Gasteiger partial charge >= 0.3 is 0 Å². The van der Waals surface area contributed by atoms with Crippen LogP contribution >= 0.6 is 0 Å². The molecular weight excluding hydrogens is 344 g/mol. The van der Waals surface area contributed by atoms with Crippen LogP contribution in [0.5, 0.6) is 0 Å². The normalized spacial score (nSPS) is 27.9. The van der Waals surface area contributed by atoms with Gasteiger partial charge in [-0.1, -0.05) is 48.5 Å². The van der Waals surface area contributed by atoms with Gasteiger partial charge in [0, 0.05) is 30.1 Å². The first-order valence-electron chi connectivity index (χ1n) is 10.5. The van der Waals surface area contributed by atoms with Crippen molar-refractivity contribution in [1.29, 1.82) is 5.26 Å². The quantitative estimate of drug-likeness (QED) is 0.706. The van der Waals surface area contributed by atoms with E-state index in [0.29, 0.717) is 12.1 Å². The molecule has 2 bridgehead atoms. The minimum atomic E-state index is -0.325. The third-order valence-corrected chi connectivity index (χ3v) is 7.13. The van der Waals surface area contributed by atoms with Crippen LogP contribution in [0.3, 0.4) is 0 Å². The van der Waals surface area contributed by atoms with Crippen molar-refractivity contribution in [2.75, 3.05) is 0 Å². The summed E-state index contributed by atoms with van der Waals surface area (Å²) in [7, 11) is 0. The van der Waals surface area contributed by atoms with E-state index in [4.69, 9.17) is 0 Å². The highest BCUT2D eigenvalue weighted by atomic mass is 16.1. The molecule has 2 aromatic carbocycles. The van der Waals surface area contributed by atoms with Crippen LogP contribution < -0.4 is 0 Å². The van der Waals surface area contributed by atoms with Crippen LogP contribution in [-0.4, -0.2) is 22.8 Å². The molecule has 28 heavy (non-hydrogen) atoms. The molecule has 0 N–H and O–H groups in total. The van der Waals surface area contributed by atoms with Gasteiger partial charge in [-0.2, -0.15) is 5.26 Å². The predicted molar refractivity (Wildman–Crippen MR) is 109 cm³/mol. The molecule has 0 aromatic heterocycles. The Bertz CT molecular complexity index is 911. The lowest BCUT2D eigenvalue weighted by molar-refractivity contribution is 0.0678. The number of hydrogen-bond donors (Lipinski definition) is 0. The second-order valence-electron chi connectivity index (χ2n) is 8.85. The van der Waals surface area contributed by atoms with Crippen LogP contribution in [0.2, 0.25) is 0 Å². The molecule has 3 aliphatic rings. The molecular formula is C25H26N2O. The monoisotopic (exact) mass is 370 g/mol. The first kappa shape index (κ1) is 17.6. The summed E-state index contributed by atoms with van der Waals surface area (Å²) >= 11 is 0. The topological polar surface area (TPSA) is 44.1 Å². The van der Waals surface area contributed by atoms with Crippen LogP contribution in [0.25, 0.3) is 0 Å². The Balaban J connectivity index is 1.31. The van der Waals surface area contributed by atoms with Crippen molar-refractivity contribution in [3.05, 3.63) is 71.3 Å². The maximum atomic E-state index is 13.3. The number of carbonyl (C=O) groups excluding carboxylic acids is 1. The SMILES string of the molecule is N#CC1(c2cccc(C(=O)C3CC4CCC(C3)N4Cc3ccccc3)c2)CC1. The molecule has 3 fully saturated rings. The Hall–Kier alpha value is -2.44. The summed E-state index contributed by atoms with van der Waals surface area (Å²) in [6, 6.07) is 22.1. The van der Waals surface area contributed by atoms with Crippen molar-refractivity contribution < 1.29 is 4.79 Å². The lowest BCUT2D eigenvalue weighted by atomic mass is 9.83. The second-order valence-corrected chi connectivity index (χ2v) is 8.85. The van der Waals surface area contributed by atoms with Crippen LogP contribution in [0, 0.1) is 17.2 Å². The van der Waals surface area contributed by atoms with Gasteiger partial charge in [-0.15, -0.1) is 0 Å². The molecule has 2 aliphatic heterocycles. The van der Waals surface area contributed by atoms with E-state index in [1.807, 2.05) is 24.3 Å². The van der Waals surface area contributed by atoms with Crippen molar-refractivity contribution in [3.63, 3.8) is 0 Å². The highest BCUT2D eigenvalue weighted by Gasteiger charge is 2.46. The summed E-state index contributed by atoms with van der Waals surface area (Å²) in [6.45, 7) is 0.997. The van der Waals surface area contributed by atoms with Gasteiger partial charge in [0.2, 0.25) is 0 Å². The molecule has 1 saturated carbocycles. The molecule has 3 nitrogen and oxygen atoms in total. The van der Waals surface area contributed by atoms with Gasteiger partial charge in [0.05, 0.1) is 11.5 Å². The Morgan fingerprint density at radius 2 is 1.75 bits per heavy atom. The van der Waals surface area contributed by atoms with E-state index in [2.05, 4.69) is 41.3 Å². The van der Waals surface area contributed by atoms with Gasteiger partial charge in [0.25, 0.3) is 0 Å². The molecule has 0 radical (unpaired) electrons. The largest absolute Gasteiger partial charge is 0.294 e. The lowest BCUT2D eigenvalue weighted by Crippen LogP contribution is -2.44. The Labute approximate surface area is 167 Å². The second kappa shape index (κ2) is 6.87. The van der Waals surface area contributed by atoms with Crippen molar-refractivity contribution in [2.45, 2.75) is 62.6 Å². The summed E-state index contributed by atoms with van der Waals surface area (Å²) < 4.78 is 0. The molecule has 2 atom stereocenters. The zero-order chi connectivity index (χ0) is 19.1. The van der Waals surface area contributed by atoms with E-state index in [0.717, 1.165) is 43.4 Å². The molecule has 2 unspecified atom stereocenters. The molecule has 0 amide bonds. The molecule has 1 aliphatic carbocycles. The summed E-state index contributed by atoms with van der Waals surface area (Å²) in [6.07, 6.45) is 6.19. The minimum absolute atomic E-state index is 0.122. The average Bonchev–Trinajstić information content (AvgIpc) is 3.51. The number of piperidine rings is 1. The maximum absolute atomic E-state index is 13.3. The number of carbonyl (C=O) groups is 1. The van der Waals surface area contributed by atoms with Gasteiger partial charge < -0.3 is 0 Å². The summed E-state index contributed by atoms with van der Waals surface area (Å²) in [5.41, 5.74) is 2.88. The fourth-order valence-corrected chi connectivity index (χ4v) is 5.34. The third kappa shape index (κ3) is 3.06. The number of hydrogen-bond acceptors (Lipinski definition) is 3. The zero-order valence-corrected chi connectivity index (χ0v) is 16.2. The fourth-order valence-electron chi connectivity index (χ4n) is 5.34. The number of fused-ring (bicyclic) bond motifs is 2. The van der Waals surface area contributed by atoms with Crippen molar-refractivity contribution in [1.82, 2.24) is 4.90 Å². The maximum Gasteiger partial charge on any atom is 0.166 e. The lowest BCUT2D eigenvalue weighted by Gasteiger charge is -2.38. The Morgan fingerprint density at radius 1 is 1.04 bits per heavy atom. The highest BCUT2D eigenvalue weighted by Crippen LogP contribution is 2.48. The fraction of sp³-hybridized carbons (Fsp3) is 0.440. The van der Waals surface area contributed by atoms with Gasteiger partial charge in [0.1, 0.15) is 0 Å². The zero-order valence-electron chi connectivity index (χ0n) is 16.2. The predicted octanol–water partition coefficient (Wildman–Crippen LogP) is 4.87. The first-order chi connectivity index (χ1) is 13.7. The number of ketones is 1. The van der Waals surface area contributed by atoms with E-state index in [-0.39, 0.29) is 17.1 Å². The van der Waals surface area contributed by atoms with E-state index >= 15 is 0 Å². The van der Waals surface area contributed by atoms with Crippen molar-refractivity contribution >= 4 is 5.78 Å². The summed E-state index contributed by atoms with van der Waals surface area (Å²) in [5, 5.41) is 9.48. The van der Waals surface area contributed by atoms with E-state index in [1.54, 1.807) is 0 Å². The first-order valence-corrected chi connectivity index (χ1v) is 10.5. The van der Waals surface area contributed by atoms with Gasteiger partial charge in [-0.25, -0.2) is 0 Å². The molecule has 142 valence electrons. The average molecular weight is 370 g/mol. The minimum Gasteiger partial charge on any atom is -0.294 e. The van der Waals surface area contributed by atoms with E-state index in [1.165, 1.54) is 18.4 Å². The molecule has 5 rings (SSSR count). The highest BCUT2D eigenvalue weighted by molar-refractivity contribution is 5.98. The third-order valence-electron chi connectivity index (χ3n) is 7.13. The summed E-state index contributed by atoms with van der Waals surface area (Å²) in [5.74, 6) is 0.406. The molecule has 2 aromatic rings. The molecule has 2 saturated heterocycles. The van der Waals surface area contributed by atoms with Gasteiger partial charge in [-0.3, -0.25) is 9.69 Å². The van der Waals surface area contributed by atoms with Gasteiger partial charge in [-0.05, 0) is 55.7 Å². The number of rotatable bonds is 5. The van der Waals surface area contributed by atoms with Crippen LogP contribution in [0.1, 0.15) is 60.0 Å². The van der Waals surface area contributed by atoms with Crippen LogP contribution in [-0.2, 0) is 12.0 Å². The number of nitrogens with zero attached hydrogens (tertiary/aromatic N) is 2. The molecule has 0 spiro atoms. The molecule has 2 heterocycles. The molecule has 3 heteroatoms. The van der Waals surface area contributed by atoms with E-state index in [9.17, 15) is 10.1 Å². The summed E-state index contributed by atoms with van der Waals surface area (Å²) in [4.78, 5) is 15.9. The van der Waals surface area contributed by atoms with Crippen molar-refractivity contribution in [3.8, 4) is 6.07 Å².